The molecule has 2 aromatic rings. The van der Waals surface area contributed by atoms with E-state index < -0.39 is 12.0 Å². The minimum Gasteiger partial charge on any atom is -0.478 e. The van der Waals surface area contributed by atoms with E-state index in [1.807, 2.05) is 24.3 Å². The molecule has 9 heteroatoms. The minimum absolute atomic E-state index is 0.0407. The van der Waals surface area contributed by atoms with Gasteiger partial charge < -0.3 is 10.0 Å². The van der Waals surface area contributed by atoms with Crippen LogP contribution in [0, 0.1) is 0 Å². The summed E-state index contributed by atoms with van der Waals surface area (Å²) in [5, 5.41) is 17.1. The van der Waals surface area contributed by atoms with E-state index in [0.29, 0.717) is 13.1 Å². The summed E-state index contributed by atoms with van der Waals surface area (Å²) >= 11 is 0. The highest BCUT2D eigenvalue weighted by Gasteiger charge is 2.26. The molecular weight excluding hydrogens is 324 g/mol. The molecule has 3 heterocycles. The number of piperazine rings is 1. The Balaban J connectivity index is 1.54. The van der Waals surface area contributed by atoms with Crippen molar-refractivity contribution in [3.8, 4) is 0 Å². The lowest BCUT2D eigenvalue weighted by Crippen LogP contribution is -2.49. The first-order chi connectivity index (χ1) is 11.9. The fraction of sp³-hybridized carbons (Fsp3) is 0.500. The van der Waals surface area contributed by atoms with Crippen LogP contribution in [0.3, 0.4) is 0 Å². The molecule has 1 aliphatic heterocycles. The summed E-state index contributed by atoms with van der Waals surface area (Å²) in [4.78, 5) is 27.7. The van der Waals surface area contributed by atoms with E-state index in [1.54, 1.807) is 11.6 Å². The lowest BCUT2D eigenvalue weighted by atomic mass is 10.2. The van der Waals surface area contributed by atoms with Crippen LogP contribution < -0.4 is 0 Å². The van der Waals surface area contributed by atoms with Gasteiger partial charge in [0.2, 0.25) is 5.91 Å². The van der Waals surface area contributed by atoms with Gasteiger partial charge >= 0.3 is 5.97 Å². The van der Waals surface area contributed by atoms with Crippen LogP contribution in [-0.4, -0.2) is 72.5 Å². The summed E-state index contributed by atoms with van der Waals surface area (Å²) in [5.74, 6) is -1.09. The molecule has 1 amide bonds. The molecule has 0 bridgehead atoms. The Hall–Kier alpha value is -2.68. The quantitative estimate of drug-likeness (QED) is 0.832. The normalized spacial score (nSPS) is 16.8. The second-order valence-corrected chi connectivity index (χ2v) is 6.31. The summed E-state index contributed by atoms with van der Waals surface area (Å²) in [6, 6.07) is -0.516. The van der Waals surface area contributed by atoms with Crippen LogP contribution in [0.4, 0.5) is 0 Å². The SMILES string of the molecule is CC(C(=O)N1CCN(Cc2cnn(C)c2)CC1)n1cc(C(=O)O)cn1. The molecule has 2 aromatic heterocycles. The van der Waals surface area contributed by atoms with E-state index in [9.17, 15) is 9.59 Å². The Bertz CT molecular complexity index is 760. The first kappa shape index (κ1) is 17.2. The second kappa shape index (κ2) is 7.06. The van der Waals surface area contributed by atoms with Crippen molar-refractivity contribution in [3.63, 3.8) is 0 Å². The van der Waals surface area contributed by atoms with Crippen molar-refractivity contribution >= 4 is 11.9 Å². The molecule has 1 atom stereocenters. The monoisotopic (exact) mass is 346 g/mol. The van der Waals surface area contributed by atoms with Gasteiger partial charge in [-0.15, -0.1) is 0 Å². The van der Waals surface area contributed by atoms with E-state index in [1.165, 1.54) is 17.1 Å². The van der Waals surface area contributed by atoms with Crippen molar-refractivity contribution in [2.45, 2.75) is 19.5 Å². The molecule has 25 heavy (non-hydrogen) atoms. The van der Waals surface area contributed by atoms with Gasteiger partial charge in [0.1, 0.15) is 6.04 Å². The lowest BCUT2D eigenvalue weighted by molar-refractivity contribution is -0.136. The summed E-state index contributed by atoms with van der Waals surface area (Å²) < 4.78 is 3.19. The number of carboxylic acid groups (broad SMARTS) is 1. The molecule has 1 fully saturated rings. The highest BCUT2D eigenvalue weighted by Crippen LogP contribution is 2.14. The number of aromatic carboxylic acids is 1. The van der Waals surface area contributed by atoms with Crippen molar-refractivity contribution in [1.82, 2.24) is 29.4 Å². The topological polar surface area (TPSA) is 96.5 Å². The predicted molar refractivity (Wildman–Crippen MR) is 89.0 cm³/mol. The Morgan fingerprint density at radius 1 is 1.16 bits per heavy atom. The van der Waals surface area contributed by atoms with Gasteiger partial charge in [-0.25, -0.2) is 4.79 Å². The van der Waals surface area contributed by atoms with Crippen LogP contribution in [0.1, 0.15) is 28.9 Å². The third-order valence-corrected chi connectivity index (χ3v) is 4.45. The van der Waals surface area contributed by atoms with Crippen molar-refractivity contribution in [2.24, 2.45) is 7.05 Å². The maximum absolute atomic E-state index is 12.6. The molecule has 1 saturated heterocycles. The van der Waals surface area contributed by atoms with Crippen molar-refractivity contribution in [1.29, 1.82) is 0 Å². The van der Waals surface area contributed by atoms with Crippen LogP contribution in [0.5, 0.6) is 0 Å². The Morgan fingerprint density at radius 3 is 2.44 bits per heavy atom. The smallest absolute Gasteiger partial charge is 0.338 e. The van der Waals surface area contributed by atoms with Gasteiger partial charge in [-0.05, 0) is 6.92 Å². The molecule has 0 aromatic carbocycles. The molecule has 1 unspecified atom stereocenters. The lowest BCUT2D eigenvalue weighted by Gasteiger charge is -2.35. The van der Waals surface area contributed by atoms with Gasteiger partial charge in [0, 0.05) is 57.7 Å². The highest BCUT2D eigenvalue weighted by molar-refractivity contribution is 5.87. The first-order valence-corrected chi connectivity index (χ1v) is 8.20. The van der Waals surface area contributed by atoms with Crippen molar-refractivity contribution in [2.75, 3.05) is 26.2 Å². The van der Waals surface area contributed by atoms with Crippen LogP contribution in [-0.2, 0) is 18.4 Å². The van der Waals surface area contributed by atoms with Gasteiger partial charge in [0.15, 0.2) is 0 Å². The van der Waals surface area contributed by atoms with Gasteiger partial charge in [-0.1, -0.05) is 0 Å². The number of amides is 1. The number of carbonyl (C=O) groups excluding carboxylic acids is 1. The molecule has 0 aliphatic carbocycles. The number of aromatic nitrogens is 4. The zero-order valence-electron chi connectivity index (χ0n) is 14.4. The molecule has 1 N–H and O–H groups in total. The largest absolute Gasteiger partial charge is 0.478 e. The summed E-state index contributed by atoms with van der Waals surface area (Å²) in [6.07, 6.45) is 6.51. The number of rotatable bonds is 5. The third-order valence-electron chi connectivity index (χ3n) is 4.45. The molecule has 0 spiro atoms. The van der Waals surface area contributed by atoms with Crippen molar-refractivity contribution in [3.05, 3.63) is 35.9 Å². The maximum atomic E-state index is 12.6. The van der Waals surface area contributed by atoms with Crippen LogP contribution in [0.15, 0.2) is 24.8 Å². The van der Waals surface area contributed by atoms with E-state index >= 15 is 0 Å². The van der Waals surface area contributed by atoms with Gasteiger partial charge in [0.05, 0.1) is 18.0 Å². The first-order valence-electron chi connectivity index (χ1n) is 8.20. The highest BCUT2D eigenvalue weighted by atomic mass is 16.4. The maximum Gasteiger partial charge on any atom is 0.338 e. The molecular formula is C16H22N6O3. The summed E-state index contributed by atoms with van der Waals surface area (Å²) in [7, 11) is 1.90. The molecule has 0 radical (unpaired) electrons. The van der Waals surface area contributed by atoms with Gasteiger partial charge in [-0.3, -0.25) is 19.1 Å². The summed E-state index contributed by atoms with van der Waals surface area (Å²) in [5.41, 5.74) is 1.24. The molecule has 3 rings (SSSR count). The van der Waals surface area contributed by atoms with E-state index in [4.69, 9.17) is 5.11 Å². The molecule has 1 aliphatic rings. The number of hydrogen-bond donors (Lipinski definition) is 1. The Kier molecular flexibility index (Phi) is 4.84. The average Bonchev–Trinajstić information content (AvgIpc) is 3.23. The van der Waals surface area contributed by atoms with Gasteiger partial charge in [-0.2, -0.15) is 10.2 Å². The fourth-order valence-electron chi connectivity index (χ4n) is 2.98. The number of carbonyl (C=O) groups is 2. The van der Waals surface area contributed by atoms with Crippen LogP contribution >= 0.6 is 0 Å². The Morgan fingerprint density at radius 2 is 1.88 bits per heavy atom. The van der Waals surface area contributed by atoms with E-state index in [-0.39, 0.29) is 11.5 Å². The zero-order chi connectivity index (χ0) is 18.0. The Labute approximate surface area is 145 Å². The molecule has 0 saturated carbocycles. The fourth-order valence-corrected chi connectivity index (χ4v) is 2.98. The van der Waals surface area contributed by atoms with Crippen LogP contribution in [0.25, 0.3) is 0 Å². The standard InChI is InChI=1S/C16H22N6O3/c1-12(22-11-14(8-18-22)16(24)25)15(23)21-5-3-20(4-6-21)10-13-7-17-19(2)9-13/h7-9,11-12H,3-6,10H2,1-2H3,(H,24,25). The van der Waals surface area contributed by atoms with E-state index in [2.05, 4.69) is 15.1 Å². The zero-order valence-corrected chi connectivity index (χ0v) is 14.4. The van der Waals surface area contributed by atoms with Crippen molar-refractivity contribution < 1.29 is 14.7 Å². The second-order valence-electron chi connectivity index (χ2n) is 6.31. The summed E-state index contributed by atoms with van der Waals surface area (Å²) in [6.45, 7) is 5.46. The van der Waals surface area contributed by atoms with Gasteiger partial charge in [0.25, 0.3) is 0 Å². The molecule has 134 valence electrons. The predicted octanol–water partition coefficient (Wildman–Crippen LogP) is 0.220. The number of carboxylic acids is 1. The number of aryl methyl sites for hydroxylation is 1. The number of nitrogens with zero attached hydrogens (tertiary/aromatic N) is 6. The minimum atomic E-state index is -1.05. The number of hydrogen-bond acceptors (Lipinski definition) is 5. The van der Waals surface area contributed by atoms with Crippen LogP contribution in [0.2, 0.25) is 0 Å². The average molecular weight is 346 g/mol. The van der Waals surface area contributed by atoms with E-state index in [0.717, 1.165) is 25.2 Å². The molecule has 9 nitrogen and oxygen atoms in total. The third kappa shape index (κ3) is 3.87.